The molecule has 0 radical (unpaired) electrons. The average molecular weight is 275 g/mol. The van der Waals surface area contributed by atoms with Crippen molar-refractivity contribution in [2.45, 2.75) is 13.0 Å². The van der Waals surface area contributed by atoms with Gasteiger partial charge in [0.05, 0.1) is 5.02 Å². The Morgan fingerprint density at radius 3 is 2.79 bits per heavy atom. The van der Waals surface area contributed by atoms with Crippen LogP contribution in [0.4, 0.5) is 0 Å². The Labute approximate surface area is 98.3 Å². The quantitative estimate of drug-likeness (QED) is 0.886. The van der Waals surface area contributed by atoms with Crippen molar-refractivity contribution in [2.24, 2.45) is 0 Å². The third kappa shape index (κ3) is 3.45. The van der Waals surface area contributed by atoms with Crippen molar-refractivity contribution in [3.05, 3.63) is 39.3 Å². The summed E-state index contributed by atoms with van der Waals surface area (Å²) in [5.41, 5.74) is 1.14. The number of hydrogen-bond donors (Lipinski definition) is 1. The molecule has 0 fully saturated rings. The van der Waals surface area contributed by atoms with E-state index in [0.29, 0.717) is 6.04 Å². The first-order valence-corrected chi connectivity index (χ1v) is 5.61. The molecule has 0 aliphatic heterocycles. The lowest BCUT2D eigenvalue weighted by Crippen LogP contribution is -2.17. The molecule has 1 nitrogen and oxygen atoms in total. The van der Waals surface area contributed by atoms with Gasteiger partial charge in [-0.3, -0.25) is 0 Å². The van der Waals surface area contributed by atoms with Gasteiger partial charge in [-0.15, -0.1) is 0 Å². The van der Waals surface area contributed by atoms with E-state index in [-0.39, 0.29) is 0 Å². The Balaban J connectivity index is 2.77. The molecule has 1 rings (SSSR count). The van der Waals surface area contributed by atoms with Crippen LogP contribution in [0.1, 0.15) is 12.5 Å². The van der Waals surface area contributed by atoms with Gasteiger partial charge in [-0.2, -0.15) is 0 Å². The molecular formula is C11H13BrClN. The van der Waals surface area contributed by atoms with Crippen LogP contribution in [0, 0.1) is 0 Å². The van der Waals surface area contributed by atoms with Crippen molar-refractivity contribution in [2.75, 3.05) is 7.05 Å². The van der Waals surface area contributed by atoms with Crippen molar-refractivity contribution in [3.63, 3.8) is 0 Å². The average Bonchev–Trinajstić information content (AvgIpc) is 2.19. The van der Waals surface area contributed by atoms with E-state index >= 15 is 0 Å². The van der Waals surface area contributed by atoms with Crippen LogP contribution >= 0.6 is 27.5 Å². The zero-order valence-electron chi connectivity index (χ0n) is 8.22. The van der Waals surface area contributed by atoms with Gasteiger partial charge in [-0.05, 0) is 47.6 Å². The summed E-state index contributed by atoms with van der Waals surface area (Å²) >= 11 is 9.28. The van der Waals surface area contributed by atoms with E-state index < -0.39 is 0 Å². The first-order chi connectivity index (χ1) is 6.63. The molecule has 14 heavy (non-hydrogen) atoms. The Bertz CT molecular complexity index is 336. The zero-order chi connectivity index (χ0) is 10.6. The fourth-order valence-corrected chi connectivity index (χ4v) is 1.48. The fraction of sp³-hybridized carbons (Fsp3) is 0.273. The van der Waals surface area contributed by atoms with Crippen molar-refractivity contribution in [3.8, 4) is 0 Å². The maximum Gasteiger partial charge on any atom is 0.0548 e. The summed E-state index contributed by atoms with van der Waals surface area (Å²) in [5.74, 6) is 0. The van der Waals surface area contributed by atoms with Crippen LogP contribution in [0.25, 0.3) is 6.08 Å². The molecular weight excluding hydrogens is 261 g/mol. The summed E-state index contributed by atoms with van der Waals surface area (Å²) in [7, 11) is 1.94. The second kappa shape index (κ2) is 5.54. The molecule has 0 amide bonds. The van der Waals surface area contributed by atoms with Crippen LogP contribution in [-0.4, -0.2) is 13.1 Å². The van der Waals surface area contributed by atoms with Gasteiger partial charge >= 0.3 is 0 Å². The van der Waals surface area contributed by atoms with Crippen LogP contribution in [0.3, 0.4) is 0 Å². The molecule has 1 aromatic carbocycles. The molecule has 0 saturated heterocycles. The second-order valence-electron chi connectivity index (χ2n) is 3.11. The summed E-state index contributed by atoms with van der Waals surface area (Å²) < 4.78 is 0.929. The van der Waals surface area contributed by atoms with Gasteiger partial charge in [-0.1, -0.05) is 29.8 Å². The normalized spacial score (nSPS) is 13.4. The molecule has 0 aliphatic rings. The fourth-order valence-electron chi connectivity index (χ4n) is 0.968. The molecule has 0 bridgehead atoms. The number of rotatable bonds is 3. The van der Waals surface area contributed by atoms with Crippen LogP contribution < -0.4 is 5.32 Å². The zero-order valence-corrected chi connectivity index (χ0v) is 10.6. The minimum atomic E-state index is 0.379. The molecule has 0 saturated carbocycles. The summed E-state index contributed by atoms with van der Waals surface area (Å²) in [6.45, 7) is 2.10. The molecule has 0 aromatic heterocycles. The first-order valence-electron chi connectivity index (χ1n) is 4.44. The van der Waals surface area contributed by atoms with E-state index in [1.54, 1.807) is 0 Å². The maximum absolute atomic E-state index is 5.89. The lowest BCUT2D eigenvalue weighted by Gasteiger charge is -2.02. The Morgan fingerprint density at radius 2 is 2.21 bits per heavy atom. The third-order valence-corrected chi connectivity index (χ3v) is 3.19. The lowest BCUT2D eigenvalue weighted by atomic mass is 10.2. The van der Waals surface area contributed by atoms with Crippen molar-refractivity contribution in [1.82, 2.24) is 5.32 Å². The minimum Gasteiger partial charge on any atom is -0.314 e. The number of halogens is 2. The minimum absolute atomic E-state index is 0.379. The molecule has 0 aliphatic carbocycles. The van der Waals surface area contributed by atoms with Gasteiger partial charge in [-0.25, -0.2) is 0 Å². The molecule has 3 heteroatoms. The highest BCUT2D eigenvalue weighted by atomic mass is 79.9. The van der Waals surface area contributed by atoms with Gasteiger partial charge in [0.1, 0.15) is 0 Å². The summed E-state index contributed by atoms with van der Waals surface area (Å²) in [6.07, 6.45) is 4.18. The third-order valence-electron chi connectivity index (χ3n) is 1.98. The SMILES string of the molecule is CNC(C)/C=C/c1ccc(Cl)c(Br)c1. The van der Waals surface area contributed by atoms with E-state index in [9.17, 15) is 0 Å². The number of likely N-dealkylation sites (N-methyl/N-ethyl adjacent to an activating group) is 1. The van der Waals surface area contributed by atoms with Gasteiger partial charge in [0.15, 0.2) is 0 Å². The largest absolute Gasteiger partial charge is 0.314 e. The molecule has 1 atom stereocenters. The molecule has 1 N–H and O–H groups in total. The number of benzene rings is 1. The van der Waals surface area contributed by atoms with E-state index in [1.807, 2.05) is 25.2 Å². The van der Waals surface area contributed by atoms with Crippen molar-refractivity contribution in [1.29, 1.82) is 0 Å². The standard InChI is InChI=1S/C11H13BrClN/c1-8(14-2)3-4-9-5-6-11(13)10(12)7-9/h3-8,14H,1-2H3/b4-3+. The van der Waals surface area contributed by atoms with Crippen molar-refractivity contribution >= 4 is 33.6 Å². The predicted molar refractivity (Wildman–Crippen MR) is 66.7 cm³/mol. The lowest BCUT2D eigenvalue weighted by molar-refractivity contribution is 0.731. The summed E-state index contributed by atoms with van der Waals surface area (Å²) in [4.78, 5) is 0. The summed E-state index contributed by atoms with van der Waals surface area (Å²) in [5, 5.41) is 3.88. The number of nitrogens with one attached hydrogen (secondary N) is 1. The summed E-state index contributed by atoms with van der Waals surface area (Å²) in [6, 6.07) is 6.26. The molecule has 76 valence electrons. The predicted octanol–water partition coefficient (Wildman–Crippen LogP) is 3.72. The molecule has 0 spiro atoms. The topological polar surface area (TPSA) is 12.0 Å². The smallest absolute Gasteiger partial charge is 0.0548 e. The highest BCUT2D eigenvalue weighted by Crippen LogP contribution is 2.23. The molecule has 1 aromatic rings. The molecule has 0 heterocycles. The van der Waals surface area contributed by atoms with Crippen LogP contribution in [0.15, 0.2) is 28.7 Å². The highest BCUT2D eigenvalue weighted by molar-refractivity contribution is 9.10. The Kier molecular flexibility index (Phi) is 4.66. The van der Waals surface area contributed by atoms with Gasteiger partial charge < -0.3 is 5.32 Å². The monoisotopic (exact) mass is 273 g/mol. The van der Waals surface area contributed by atoms with Crippen LogP contribution in [-0.2, 0) is 0 Å². The maximum atomic E-state index is 5.89. The van der Waals surface area contributed by atoms with Crippen LogP contribution in [0.5, 0.6) is 0 Å². The Morgan fingerprint density at radius 1 is 1.50 bits per heavy atom. The van der Waals surface area contributed by atoms with E-state index in [1.165, 1.54) is 0 Å². The molecule has 1 unspecified atom stereocenters. The van der Waals surface area contributed by atoms with E-state index in [0.717, 1.165) is 15.1 Å². The second-order valence-corrected chi connectivity index (χ2v) is 4.37. The van der Waals surface area contributed by atoms with Gasteiger partial charge in [0, 0.05) is 10.5 Å². The van der Waals surface area contributed by atoms with Crippen LogP contribution in [0.2, 0.25) is 5.02 Å². The van der Waals surface area contributed by atoms with Gasteiger partial charge in [0.2, 0.25) is 0 Å². The van der Waals surface area contributed by atoms with Gasteiger partial charge in [0.25, 0.3) is 0 Å². The number of hydrogen-bond acceptors (Lipinski definition) is 1. The van der Waals surface area contributed by atoms with Crippen molar-refractivity contribution < 1.29 is 0 Å². The Hall–Kier alpha value is -0.310. The van der Waals surface area contributed by atoms with E-state index in [2.05, 4.69) is 40.3 Å². The highest BCUT2D eigenvalue weighted by Gasteiger charge is 1.96. The first kappa shape index (κ1) is 11.8. The van der Waals surface area contributed by atoms with E-state index in [4.69, 9.17) is 11.6 Å².